The van der Waals surface area contributed by atoms with E-state index in [1.165, 1.54) is 12.3 Å². The maximum atomic E-state index is 9.59. The molecule has 1 atom stereocenters. The molecule has 1 aromatic carbocycles. The molecule has 0 aliphatic rings. The summed E-state index contributed by atoms with van der Waals surface area (Å²) in [7, 11) is -0.230. The fraction of sp³-hybridized carbons (Fsp3) is 0.333. The molecule has 0 saturated carbocycles. The van der Waals surface area contributed by atoms with Crippen molar-refractivity contribution in [2.75, 3.05) is 7.11 Å². The van der Waals surface area contributed by atoms with Crippen LogP contribution in [0.1, 0.15) is 6.92 Å². The lowest BCUT2D eigenvalue weighted by atomic mass is 10.3. The lowest BCUT2D eigenvalue weighted by Crippen LogP contribution is -2.44. The van der Waals surface area contributed by atoms with Gasteiger partial charge < -0.3 is 9.84 Å². The van der Waals surface area contributed by atoms with Crippen molar-refractivity contribution in [2.24, 2.45) is 0 Å². The zero-order valence-electron chi connectivity index (χ0n) is 11.6. The number of allylic oxidation sites excluding steroid dienone is 3. The van der Waals surface area contributed by atoms with E-state index in [0.717, 1.165) is 0 Å². The van der Waals surface area contributed by atoms with Gasteiger partial charge in [-0.2, -0.15) is 0 Å². The third kappa shape index (κ3) is 3.50. The number of benzene rings is 1. The second-order valence-electron chi connectivity index (χ2n) is 4.85. The molecule has 0 saturated heterocycles. The number of aliphatic hydroxyl groups is 1. The van der Waals surface area contributed by atoms with Gasteiger partial charge in [-0.15, -0.1) is 0 Å². The maximum Gasteiger partial charge on any atom is 0.272 e. The summed E-state index contributed by atoms with van der Waals surface area (Å²) in [6, 6.07) is 10.5. The Morgan fingerprint density at radius 2 is 1.89 bits per heavy atom. The average Bonchev–Trinajstić information content (AvgIpc) is 2.39. The van der Waals surface area contributed by atoms with Crippen LogP contribution >= 0.6 is 0 Å². The summed E-state index contributed by atoms with van der Waals surface area (Å²) in [5, 5.41) is 11.0. The minimum Gasteiger partial charge on any atom is -0.481 e. The Morgan fingerprint density at radius 1 is 1.28 bits per heavy atom. The Balaban J connectivity index is 3.12. The molecule has 0 aliphatic heterocycles. The minimum atomic E-state index is -1.71. The molecule has 1 rings (SSSR count). The number of hydrogen-bond acceptors (Lipinski definition) is 2. The molecule has 0 aliphatic carbocycles. The summed E-state index contributed by atoms with van der Waals surface area (Å²) in [6.07, 6.45) is 5.97. The smallest absolute Gasteiger partial charge is 0.272 e. The molecule has 0 aromatic heterocycles. The number of ether oxygens (including phenoxy) is 1. The molecule has 0 amide bonds. The highest BCUT2D eigenvalue weighted by molar-refractivity contribution is 6.91. The van der Waals surface area contributed by atoms with Gasteiger partial charge in [-0.1, -0.05) is 60.8 Å². The predicted octanol–water partition coefficient (Wildman–Crippen LogP) is 3.59. The summed E-state index contributed by atoms with van der Waals surface area (Å²) in [6.45, 7) is 6.60. The van der Waals surface area contributed by atoms with Crippen LogP contribution in [0.15, 0.2) is 54.5 Å². The molecule has 0 radical (unpaired) electrons. The Labute approximate surface area is 111 Å². The van der Waals surface area contributed by atoms with Crippen LogP contribution in [0, 0.1) is 0 Å². The van der Waals surface area contributed by atoms with Crippen LogP contribution in [0.5, 0.6) is 0 Å². The summed E-state index contributed by atoms with van der Waals surface area (Å²) >= 11 is 0. The van der Waals surface area contributed by atoms with E-state index in [2.05, 4.69) is 43.4 Å². The fourth-order valence-corrected chi connectivity index (χ4v) is 4.66. The topological polar surface area (TPSA) is 29.5 Å². The first-order valence-electron chi connectivity index (χ1n) is 6.15. The van der Waals surface area contributed by atoms with Gasteiger partial charge in [0.1, 0.15) is 0 Å². The molecule has 0 bridgehead atoms. The van der Waals surface area contributed by atoms with Crippen molar-refractivity contribution in [1.82, 2.24) is 0 Å². The third-order valence-corrected chi connectivity index (χ3v) is 7.13. The Morgan fingerprint density at radius 3 is 2.39 bits per heavy atom. The van der Waals surface area contributed by atoms with E-state index in [0.29, 0.717) is 0 Å². The van der Waals surface area contributed by atoms with Crippen molar-refractivity contribution in [3.63, 3.8) is 0 Å². The van der Waals surface area contributed by atoms with Crippen molar-refractivity contribution in [3.05, 3.63) is 54.5 Å². The predicted molar refractivity (Wildman–Crippen MR) is 79.8 cm³/mol. The highest BCUT2D eigenvalue weighted by Gasteiger charge is 2.31. The molecule has 1 aromatic rings. The molecule has 2 nitrogen and oxygen atoms in total. The van der Waals surface area contributed by atoms with Gasteiger partial charge >= 0.3 is 0 Å². The molecular weight excluding hydrogens is 240 g/mol. The molecule has 98 valence electrons. The van der Waals surface area contributed by atoms with Crippen molar-refractivity contribution >= 4 is 13.3 Å². The largest absolute Gasteiger partial charge is 0.481 e. The van der Waals surface area contributed by atoms with Gasteiger partial charge in [0.25, 0.3) is 5.95 Å². The van der Waals surface area contributed by atoms with Gasteiger partial charge in [0, 0.05) is 11.6 Å². The SMILES string of the molecule is C/C=C/C(/C=C(\O)OC)[Si](C)(C)c1ccccc1. The average molecular weight is 262 g/mol. The first kappa shape index (κ1) is 14.6. The Kier molecular flexibility index (Phi) is 5.22. The molecule has 3 heteroatoms. The molecule has 18 heavy (non-hydrogen) atoms. The van der Waals surface area contributed by atoms with Crippen molar-refractivity contribution in [2.45, 2.75) is 25.6 Å². The number of methoxy groups -OCH3 is 1. The minimum absolute atomic E-state index is 0.00499. The van der Waals surface area contributed by atoms with E-state index in [1.807, 2.05) is 19.1 Å². The zero-order chi connectivity index (χ0) is 13.6. The van der Waals surface area contributed by atoms with Crippen LogP contribution in [0.4, 0.5) is 0 Å². The van der Waals surface area contributed by atoms with Gasteiger partial charge in [0.15, 0.2) is 0 Å². The van der Waals surface area contributed by atoms with Crippen molar-refractivity contribution in [3.8, 4) is 0 Å². The first-order chi connectivity index (χ1) is 8.52. The number of hydrogen-bond donors (Lipinski definition) is 1. The zero-order valence-corrected chi connectivity index (χ0v) is 12.6. The van der Waals surface area contributed by atoms with E-state index in [-0.39, 0.29) is 11.5 Å². The van der Waals surface area contributed by atoms with E-state index in [1.54, 1.807) is 6.08 Å². The van der Waals surface area contributed by atoms with E-state index >= 15 is 0 Å². The van der Waals surface area contributed by atoms with Gasteiger partial charge in [-0.05, 0) is 6.92 Å². The van der Waals surface area contributed by atoms with Gasteiger partial charge in [0.05, 0.1) is 15.2 Å². The van der Waals surface area contributed by atoms with Gasteiger partial charge in [-0.25, -0.2) is 0 Å². The molecular formula is C15H22O2Si. The van der Waals surface area contributed by atoms with Crippen LogP contribution in [0.3, 0.4) is 0 Å². The van der Waals surface area contributed by atoms with E-state index in [9.17, 15) is 5.11 Å². The lowest BCUT2D eigenvalue weighted by Gasteiger charge is -2.28. The second kappa shape index (κ2) is 6.45. The molecule has 1 N–H and O–H groups in total. The standard InChI is InChI=1S/C15H22O2Si/c1-5-9-14(12-15(16)17-2)18(3,4)13-10-7-6-8-11-13/h5-12,14,16H,1-4H3/b9-5+,15-12+. The molecule has 0 spiro atoms. The van der Waals surface area contributed by atoms with Crippen molar-refractivity contribution < 1.29 is 9.84 Å². The molecule has 1 unspecified atom stereocenters. The Bertz CT molecular complexity index is 421. The Hall–Kier alpha value is -1.48. The number of rotatable bonds is 5. The summed E-state index contributed by atoms with van der Waals surface area (Å²) < 4.78 is 4.86. The summed E-state index contributed by atoms with van der Waals surface area (Å²) in [5.74, 6) is -0.00499. The van der Waals surface area contributed by atoms with Crippen LogP contribution in [0.25, 0.3) is 0 Å². The lowest BCUT2D eigenvalue weighted by molar-refractivity contribution is 0.135. The van der Waals surface area contributed by atoms with Crippen molar-refractivity contribution in [1.29, 1.82) is 0 Å². The fourth-order valence-electron chi connectivity index (χ4n) is 1.99. The van der Waals surface area contributed by atoms with Crippen LogP contribution in [-0.4, -0.2) is 20.3 Å². The van der Waals surface area contributed by atoms with Gasteiger partial charge in [0.2, 0.25) is 0 Å². The van der Waals surface area contributed by atoms with Gasteiger partial charge in [-0.3, -0.25) is 0 Å². The maximum absolute atomic E-state index is 9.59. The molecule has 0 heterocycles. The normalized spacial score (nSPS) is 14.8. The highest BCUT2D eigenvalue weighted by Crippen LogP contribution is 2.26. The number of aliphatic hydroxyl groups excluding tert-OH is 1. The van der Waals surface area contributed by atoms with E-state index in [4.69, 9.17) is 4.74 Å². The molecule has 0 fully saturated rings. The highest BCUT2D eigenvalue weighted by atomic mass is 28.3. The monoisotopic (exact) mass is 262 g/mol. The quantitative estimate of drug-likeness (QED) is 0.499. The summed E-state index contributed by atoms with van der Waals surface area (Å²) in [5.41, 5.74) is 0.213. The summed E-state index contributed by atoms with van der Waals surface area (Å²) in [4.78, 5) is 0. The van der Waals surface area contributed by atoms with Crippen LogP contribution < -0.4 is 5.19 Å². The first-order valence-corrected chi connectivity index (χ1v) is 9.23. The van der Waals surface area contributed by atoms with Crippen LogP contribution in [-0.2, 0) is 4.74 Å². The van der Waals surface area contributed by atoms with E-state index < -0.39 is 8.07 Å². The van der Waals surface area contributed by atoms with Crippen LogP contribution in [0.2, 0.25) is 18.6 Å². The third-order valence-electron chi connectivity index (χ3n) is 3.28. The second-order valence-corrected chi connectivity index (χ2v) is 9.54.